The molecule has 0 aromatic rings. The second kappa shape index (κ2) is 8.54. The smallest absolute Gasteiger partial charge is 0.234 e. The molecule has 4 nitrogen and oxygen atoms in total. The Morgan fingerprint density at radius 2 is 2.11 bits per heavy atom. The highest BCUT2D eigenvalue weighted by Gasteiger charge is 2.20. The van der Waals surface area contributed by atoms with Gasteiger partial charge in [-0.2, -0.15) is 0 Å². The summed E-state index contributed by atoms with van der Waals surface area (Å²) in [5.74, 6) is 0.926. The van der Waals surface area contributed by atoms with Crippen LogP contribution >= 0.6 is 0 Å². The zero-order valence-electron chi connectivity index (χ0n) is 13.0. The minimum atomic E-state index is 0.172. The first-order valence-electron chi connectivity index (χ1n) is 7.73. The Hall–Kier alpha value is -0.610. The largest absolute Gasteiger partial charge is 0.353 e. The number of hydrogen-bond acceptors (Lipinski definition) is 3. The van der Waals surface area contributed by atoms with Crippen molar-refractivity contribution < 1.29 is 4.79 Å². The highest BCUT2D eigenvalue weighted by Crippen LogP contribution is 2.08. The van der Waals surface area contributed by atoms with Gasteiger partial charge in [0.05, 0.1) is 6.54 Å². The molecule has 112 valence electrons. The van der Waals surface area contributed by atoms with Crippen molar-refractivity contribution in [2.75, 3.05) is 26.2 Å². The van der Waals surface area contributed by atoms with Gasteiger partial charge in [-0.3, -0.25) is 9.69 Å². The van der Waals surface area contributed by atoms with E-state index in [0.717, 1.165) is 32.0 Å². The zero-order chi connectivity index (χ0) is 14.3. The minimum Gasteiger partial charge on any atom is -0.353 e. The lowest BCUT2D eigenvalue weighted by Gasteiger charge is -2.33. The van der Waals surface area contributed by atoms with Crippen molar-refractivity contribution in [1.29, 1.82) is 0 Å². The molecule has 4 heteroatoms. The number of hydrogen-bond donors (Lipinski definition) is 2. The molecule has 0 aromatic heterocycles. The van der Waals surface area contributed by atoms with E-state index in [9.17, 15) is 4.79 Å². The summed E-state index contributed by atoms with van der Waals surface area (Å²) in [4.78, 5) is 14.2. The van der Waals surface area contributed by atoms with E-state index in [4.69, 9.17) is 0 Å². The Bertz CT molecular complexity index is 268. The summed E-state index contributed by atoms with van der Waals surface area (Å²) in [5.41, 5.74) is 0. The van der Waals surface area contributed by atoms with Crippen molar-refractivity contribution in [2.24, 2.45) is 5.92 Å². The monoisotopic (exact) mass is 269 g/mol. The second-order valence-corrected chi connectivity index (χ2v) is 6.32. The third kappa shape index (κ3) is 6.92. The number of amides is 1. The second-order valence-electron chi connectivity index (χ2n) is 6.32. The standard InChI is InChI=1S/C15H31N3O/c1-12(2)6-5-7-13(3)17-15(19)11-18-9-8-16-10-14(18)4/h12-14,16H,5-11H2,1-4H3,(H,17,19)/t13?,14-/m1/s1. The number of piperazine rings is 1. The maximum absolute atomic E-state index is 12.0. The van der Waals surface area contributed by atoms with Crippen LogP contribution in [0.25, 0.3) is 0 Å². The molecule has 0 spiro atoms. The Morgan fingerprint density at radius 3 is 2.74 bits per heavy atom. The van der Waals surface area contributed by atoms with E-state index in [1.165, 1.54) is 12.8 Å². The summed E-state index contributed by atoms with van der Waals surface area (Å²) in [6, 6.07) is 0.750. The van der Waals surface area contributed by atoms with Crippen LogP contribution in [0.15, 0.2) is 0 Å². The van der Waals surface area contributed by atoms with Gasteiger partial charge in [-0.25, -0.2) is 0 Å². The summed E-state index contributed by atoms with van der Waals surface area (Å²) in [7, 11) is 0. The third-order valence-electron chi connectivity index (χ3n) is 3.81. The Balaban J connectivity index is 2.18. The number of rotatable bonds is 7. The summed E-state index contributed by atoms with van der Waals surface area (Å²) < 4.78 is 0. The Kier molecular flexibility index (Phi) is 7.39. The van der Waals surface area contributed by atoms with Crippen LogP contribution in [0.1, 0.15) is 47.0 Å². The van der Waals surface area contributed by atoms with Crippen LogP contribution in [0.3, 0.4) is 0 Å². The average molecular weight is 269 g/mol. The molecule has 1 heterocycles. The van der Waals surface area contributed by atoms with Crippen molar-refractivity contribution in [1.82, 2.24) is 15.5 Å². The molecule has 19 heavy (non-hydrogen) atoms. The van der Waals surface area contributed by atoms with E-state index in [2.05, 4.69) is 43.2 Å². The fraction of sp³-hybridized carbons (Fsp3) is 0.933. The Morgan fingerprint density at radius 1 is 1.37 bits per heavy atom. The summed E-state index contributed by atoms with van der Waals surface area (Å²) >= 11 is 0. The fourth-order valence-corrected chi connectivity index (χ4v) is 2.53. The van der Waals surface area contributed by atoms with Crippen LogP contribution in [0.2, 0.25) is 0 Å². The summed E-state index contributed by atoms with van der Waals surface area (Å²) in [5, 5.41) is 6.46. The molecule has 1 aliphatic heterocycles. The lowest BCUT2D eigenvalue weighted by atomic mass is 10.0. The Labute approximate surface area is 118 Å². The zero-order valence-corrected chi connectivity index (χ0v) is 13.0. The lowest BCUT2D eigenvalue weighted by Crippen LogP contribution is -2.53. The lowest BCUT2D eigenvalue weighted by molar-refractivity contribution is -0.123. The molecular formula is C15H31N3O. The first kappa shape index (κ1) is 16.4. The third-order valence-corrected chi connectivity index (χ3v) is 3.81. The molecule has 1 fully saturated rings. The molecule has 1 rings (SSSR count). The SMILES string of the molecule is CC(C)CCCC(C)NC(=O)CN1CCNC[C@H]1C. The van der Waals surface area contributed by atoms with Gasteiger partial charge in [-0.05, 0) is 26.2 Å². The minimum absolute atomic E-state index is 0.172. The molecule has 0 radical (unpaired) electrons. The first-order valence-corrected chi connectivity index (χ1v) is 7.73. The van der Waals surface area contributed by atoms with Gasteiger partial charge >= 0.3 is 0 Å². The van der Waals surface area contributed by atoms with Gasteiger partial charge in [0.1, 0.15) is 0 Å². The number of nitrogens with zero attached hydrogens (tertiary/aromatic N) is 1. The highest BCUT2D eigenvalue weighted by atomic mass is 16.2. The van der Waals surface area contributed by atoms with E-state index < -0.39 is 0 Å². The molecule has 1 unspecified atom stereocenters. The van der Waals surface area contributed by atoms with Crippen LogP contribution in [-0.4, -0.2) is 49.1 Å². The quantitative estimate of drug-likeness (QED) is 0.738. The van der Waals surface area contributed by atoms with Gasteiger partial charge in [0.15, 0.2) is 0 Å². The molecule has 2 atom stereocenters. The number of carbonyl (C=O) groups excluding carboxylic acids is 1. The van der Waals surface area contributed by atoms with Crippen LogP contribution in [0.5, 0.6) is 0 Å². The molecule has 0 aliphatic carbocycles. The summed E-state index contributed by atoms with van der Waals surface area (Å²) in [6.45, 7) is 12.3. The van der Waals surface area contributed by atoms with Crippen LogP contribution in [0, 0.1) is 5.92 Å². The van der Waals surface area contributed by atoms with Crippen molar-refractivity contribution in [3.8, 4) is 0 Å². The number of carbonyl (C=O) groups is 1. The van der Waals surface area contributed by atoms with Crippen molar-refractivity contribution in [3.05, 3.63) is 0 Å². The maximum Gasteiger partial charge on any atom is 0.234 e. The van der Waals surface area contributed by atoms with Gasteiger partial charge < -0.3 is 10.6 Å². The van der Waals surface area contributed by atoms with Gasteiger partial charge in [0.25, 0.3) is 0 Å². The van der Waals surface area contributed by atoms with E-state index in [-0.39, 0.29) is 5.91 Å². The molecule has 0 saturated carbocycles. The summed E-state index contributed by atoms with van der Waals surface area (Å²) in [6.07, 6.45) is 3.53. The molecule has 2 N–H and O–H groups in total. The van der Waals surface area contributed by atoms with Crippen LogP contribution < -0.4 is 10.6 Å². The molecule has 1 saturated heterocycles. The van der Waals surface area contributed by atoms with Crippen molar-refractivity contribution in [2.45, 2.75) is 59.0 Å². The predicted octanol–water partition coefficient (Wildman–Crippen LogP) is 1.61. The van der Waals surface area contributed by atoms with E-state index in [1.807, 2.05) is 0 Å². The molecule has 0 bridgehead atoms. The highest BCUT2D eigenvalue weighted by molar-refractivity contribution is 5.78. The topological polar surface area (TPSA) is 44.4 Å². The normalized spacial score (nSPS) is 22.5. The van der Waals surface area contributed by atoms with Crippen LogP contribution in [-0.2, 0) is 4.79 Å². The molecule has 1 amide bonds. The van der Waals surface area contributed by atoms with E-state index in [0.29, 0.717) is 18.6 Å². The van der Waals surface area contributed by atoms with Crippen molar-refractivity contribution in [3.63, 3.8) is 0 Å². The van der Waals surface area contributed by atoms with Gasteiger partial charge in [-0.15, -0.1) is 0 Å². The average Bonchev–Trinajstić information content (AvgIpc) is 2.31. The maximum atomic E-state index is 12.0. The first-order chi connectivity index (χ1) is 8.99. The van der Waals surface area contributed by atoms with Crippen LogP contribution in [0.4, 0.5) is 0 Å². The van der Waals surface area contributed by atoms with E-state index in [1.54, 1.807) is 0 Å². The van der Waals surface area contributed by atoms with Gasteiger partial charge in [0, 0.05) is 31.7 Å². The number of nitrogens with one attached hydrogen (secondary N) is 2. The van der Waals surface area contributed by atoms with Gasteiger partial charge in [-0.1, -0.05) is 26.7 Å². The van der Waals surface area contributed by atoms with Gasteiger partial charge in [0.2, 0.25) is 5.91 Å². The molecule has 1 aliphatic rings. The fourth-order valence-electron chi connectivity index (χ4n) is 2.53. The molecular weight excluding hydrogens is 238 g/mol. The predicted molar refractivity (Wildman–Crippen MR) is 80.2 cm³/mol. The van der Waals surface area contributed by atoms with E-state index >= 15 is 0 Å². The molecule has 0 aromatic carbocycles. The van der Waals surface area contributed by atoms with Crippen molar-refractivity contribution >= 4 is 5.91 Å².